The summed E-state index contributed by atoms with van der Waals surface area (Å²) in [5, 5.41) is 3.00. The number of hydrogen-bond donors (Lipinski definition) is 1. The predicted molar refractivity (Wildman–Crippen MR) is 98.7 cm³/mol. The van der Waals surface area contributed by atoms with Gasteiger partial charge in [-0.15, -0.1) is 0 Å². The van der Waals surface area contributed by atoms with Crippen molar-refractivity contribution in [2.75, 3.05) is 23.3 Å². The lowest BCUT2D eigenvalue weighted by atomic mass is 10.1. The van der Waals surface area contributed by atoms with E-state index in [0.29, 0.717) is 5.56 Å². The number of nitrogens with zero attached hydrogens (tertiary/aromatic N) is 2. The Hall–Kier alpha value is -2.36. The van der Waals surface area contributed by atoms with Crippen LogP contribution < -0.4 is 10.2 Å². The third-order valence-electron chi connectivity index (χ3n) is 4.44. The highest BCUT2D eigenvalue weighted by atomic mass is 16.1. The van der Waals surface area contributed by atoms with E-state index in [-0.39, 0.29) is 5.91 Å². The normalized spacial score (nSPS) is 14.5. The lowest BCUT2D eigenvalue weighted by Gasteiger charge is -2.29. The number of aryl methyl sites for hydroxylation is 1. The molecule has 2 aromatic rings. The number of benzene rings is 1. The molecule has 1 amide bonds. The highest BCUT2D eigenvalue weighted by Crippen LogP contribution is 2.22. The molecule has 1 aromatic heterocycles. The van der Waals surface area contributed by atoms with Gasteiger partial charge in [0.15, 0.2) is 0 Å². The van der Waals surface area contributed by atoms with Crippen molar-refractivity contribution >= 4 is 17.4 Å². The van der Waals surface area contributed by atoms with Crippen molar-refractivity contribution in [2.24, 2.45) is 0 Å². The minimum Gasteiger partial charge on any atom is -0.356 e. The number of rotatable bonds is 5. The van der Waals surface area contributed by atoms with Crippen LogP contribution in [0.3, 0.4) is 0 Å². The van der Waals surface area contributed by atoms with Gasteiger partial charge >= 0.3 is 0 Å². The molecule has 4 heteroatoms. The monoisotopic (exact) mass is 323 g/mol. The molecular weight excluding hydrogens is 298 g/mol. The first-order chi connectivity index (χ1) is 11.8. The van der Waals surface area contributed by atoms with Crippen LogP contribution in [0, 0.1) is 0 Å². The molecule has 1 aliphatic heterocycles. The fourth-order valence-corrected chi connectivity index (χ4v) is 3.17. The summed E-state index contributed by atoms with van der Waals surface area (Å²) in [7, 11) is 0. The predicted octanol–water partition coefficient (Wildman–Crippen LogP) is 4.28. The van der Waals surface area contributed by atoms with Crippen LogP contribution in [-0.2, 0) is 6.42 Å². The number of nitrogens with one attached hydrogen (secondary N) is 1. The van der Waals surface area contributed by atoms with Gasteiger partial charge in [0.05, 0.1) is 5.56 Å². The smallest absolute Gasteiger partial charge is 0.259 e. The number of anilines is 2. The summed E-state index contributed by atoms with van der Waals surface area (Å²) < 4.78 is 0. The first-order valence-corrected chi connectivity index (χ1v) is 8.88. The van der Waals surface area contributed by atoms with Gasteiger partial charge < -0.3 is 10.2 Å². The third kappa shape index (κ3) is 3.94. The Morgan fingerprint density at radius 3 is 2.58 bits per heavy atom. The van der Waals surface area contributed by atoms with Crippen molar-refractivity contribution in [3.05, 3.63) is 53.7 Å². The van der Waals surface area contributed by atoms with Gasteiger partial charge in [0.1, 0.15) is 5.82 Å². The molecule has 0 saturated carbocycles. The molecule has 24 heavy (non-hydrogen) atoms. The number of hydrogen-bond acceptors (Lipinski definition) is 3. The van der Waals surface area contributed by atoms with E-state index in [9.17, 15) is 4.79 Å². The fraction of sp³-hybridized carbons (Fsp3) is 0.400. The maximum Gasteiger partial charge on any atom is 0.259 e. The zero-order valence-corrected chi connectivity index (χ0v) is 14.3. The molecule has 0 unspecified atom stereocenters. The minimum absolute atomic E-state index is 0.0908. The SMILES string of the molecule is CCCc1ccc(NC(=O)c2cccnc2N2CCCCC2)cc1. The largest absolute Gasteiger partial charge is 0.356 e. The van der Waals surface area contributed by atoms with Crippen LogP contribution in [0.25, 0.3) is 0 Å². The van der Waals surface area contributed by atoms with Gasteiger partial charge in [-0.2, -0.15) is 0 Å². The van der Waals surface area contributed by atoms with Crippen molar-refractivity contribution in [1.82, 2.24) is 4.98 Å². The summed E-state index contributed by atoms with van der Waals surface area (Å²) in [6.45, 7) is 4.12. The fourth-order valence-electron chi connectivity index (χ4n) is 3.17. The molecule has 1 aromatic carbocycles. The van der Waals surface area contributed by atoms with E-state index >= 15 is 0 Å². The maximum absolute atomic E-state index is 12.7. The minimum atomic E-state index is -0.0908. The van der Waals surface area contributed by atoms with E-state index in [0.717, 1.165) is 50.3 Å². The topological polar surface area (TPSA) is 45.2 Å². The van der Waals surface area contributed by atoms with Gasteiger partial charge in [0.2, 0.25) is 0 Å². The highest BCUT2D eigenvalue weighted by molar-refractivity contribution is 6.07. The Kier molecular flexibility index (Phi) is 5.47. The quantitative estimate of drug-likeness (QED) is 0.893. The average molecular weight is 323 g/mol. The molecule has 0 aliphatic carbocycles. The molecule has 1 aliphatic rings. The van der Waals surface area contributed by atoms with E-state index in [1.54, 1.807) is 6.20 Å². The van der Waals surface area contributed by atoms with Crippen molar-refractivity contribution < 1.29 is 4.79 Å². The number of aromatic nitrogens is 1. The third-order valence-corrected chi connectivity index (χ3v) is 4.44. The number of carbonyl (C=O) groups is 1. The van der Waals surface area contributed by atoms with Crippen molar-refractivity contribution in [2.45, 2.75) is 39.0 Å². The number of pyridine rings is 1. The summed E-state index contributed by atoms with van der Waals surface area (Å²) >= 11 is 0. The first kappa shape index (κ1) is 16.5. The van der Waals surface area contributed by atoms with Gasteiger partial charge in [0, 0.05) is 25.0 Å². The second-order valence-electron chi connectivity index (χ2n) is 6.32. The van der Waals surface area contributed by atoms with E-state index < -0.39 is 0 Å². The van der Waals surface area contributed by atoms with Gasteiger partial charge in [-0.05, 0) is 55.5 Å². The first-order valence-electron chi connectivity index (χ1n) is 8.88. The van der Waals surface area contributed by atoms with Crippen molar-refractivity contribution in [1.29, 1.82) is 0 Å². The number of carbonyl (C=O) groups excluding carboxylic acids is 1. The summed E-state index contributed by atoms with van der Waals surface area (Å²) in [5.41, 5.74) is 2.77. The molecule has 126 valence electrons. The van der Waals surface area contributed by atoms with Crippen LogP contribution in [0.1, 0.15) is 48.5 Å². The van der Waals surface area contributed by atoms with Gasteiger partial charge in [-0.3, -0.25) is 4.79 Å². The van der Waals surface area contributed by atoms with E-state index in [1.165, 1.54) is 12.0 Å². The molecule has 0 spiro atoms. The number of amides is 1. The van der Waals surface area contributed by atoms with Crippen LogP contribution in [0.4, 0.5) is 11.5 Å². The second kappa shape index (κ2) is 7.95. The van der Waals surface area contributed by atoms with E-state index in [4.69, 9.17) is 0 Å². The molecule has 0 atom stereocenters. The molecule has 3 rings (SSSR count). The lowest BCUT2D eigenvalue weighted by Crippen LogP contribution is -2.32. The molecule has 4 nitrogen and oxygen atoms in total. The molecule has 2 heterocycles. The second-order valence-corrected chi connectivity index (χ2v) is 6.32. The Balaban J connectivity index is 1.75. The molecule has 1 saturated heterocycles. The Morgan fingerprint density at radius 1 is 1.12 bits per heavy atom. The molecule has 0 bridgehead atoms. The summed E-state index contributed by atoms with van der Waals surface area (Å²) in [6, 6.07) is 11.8. The van der Waals surface area contributed by atoms with E-state index in [2.05, 4.69) is 34.3 Å². The maximum atomic E-state index is 12.7. The van der Waals surface area contributed by atoms with Crippen molar-refractivity contribution in [3.8, 4) is 0 Å². The Bertz CT molecular complexity index is 676. The molecule has 0 radical (unpaired) electrons. The molecular formula is C20H25N3O. The van der Waals surface area contributed by atoms with Crippen molar-refractivity contribution in [3.63, 3.8) is 0 Å². The number of piperidine rings is 1. The van der Waals surface area contributed by atoms with Gasteiger partial charge in [-0.1, -0.05) is 25.5 Å². The Labute approximate surface area is 143 Å². The van der Waals surface area contributed by atoms with Crippen LogP contribution in [0.15, 0.2) is 42.6 Å². The van der Waals surface area contributed by atoms with E-state index in [1.807, 2.05) is 24.3 Å². The standard InChI is InChI=1S/C20H25N3O/c1-2-7-16-9-11-17(12-10-16)22-20(24)18-8-6-13-21-19(18)23-14-4-3-5-15-23/h6,8-13H,2-5,7,14-15H2,1H3,(H,22,24). The lowest BCUT2D eigenvalue weighted by molar-refractivity contribution is 0.102. The summed E-state index contributed by atoms with van der Waals surface area (Å²) in [4.78, 5) is 19.4. The Morgan fingerprint density at radius 2 is 1.88 bits per heavy atom. The summed E-state index contributed by atoms with van der Waals surface area (Å²) in [6.07, 6.45) is 7.54. The van der Waals surface area contributed by atoms with Crippen LogP contribution in [0.2, 0.25) is 0 Å². The highest BCUT2D eigenvalue weighted by Gasteiger charge is 2.19. The van der Waals surface area contributed by atoms with Gasteiger partial charge in [0.25, 0.3) is 5.91 Å². The average Bonchev–Trinajstić information content (AvgIpc) is 2.64. The zero-order chi connectivity index (χ0) is 16.8. The zero-order valence-electron chi connectivity index (χ0n) is 14.3. The van der Waals surface area contributed by atoms with Gasteiger partial charge in [-0.25, -0.2) is 4.98 Å². The summed E-state index contributed by atoms with van der Waals surface area (Å²) in [5.74, 6) is 0.712. The van der Waals surface area contributed by atoms with Crippen LogP contribution in [-0.4, -0.2) is 24.0 Å². The van der Waals surface area contributed by atoms with Crippen LogP contribution in [0.5, 0.6) is 0 Å². The van der Waals surface area contributed by atoms with Crippen LogP contribution >= 0.6 is 0 Å². The molecule has 1 fully saturated rings. The molecule has 1 N–H and O–H groups in total.